The number of benzene rings is 1. The van der Waals surface area contributed by atoms with E-state index >= 15 is 0 Å². The van der Waals surface area contributed by atoms with Crippen LogP contribution in [0.5, 0.6) is 0 Å². The van der Waals surface area contributed by atoms with E-state index in [1.807, 2.05) is 12.1 Å². The SMILES string of the molecule is Cc1ccccc1SCc1nc(C2(N)CCCC2)no1. The summed E-state index contributed by atoms with van der Waals surface area (Å²) in [5.74, 6) is 2.02. The summed E-state index contributed by atoms with van der Waals surface area (Å²) < 4.78 is 5.34. The van der Waals surface area contributed by atoms with Crippen LogP contribution in [0, 0.1) is 6.92 Å². The molecule has 0 bridgehead atoms. The first-order chi connectivity index (χ1) is 9.67. The Morgan fingerprint density at radius 2 is 2.05 bits per heavy atom. The zero-order valence-electron chi connectivity index (χ0n) is 11.6. The second kappa shape index (κ2) is 5.58. The number of aryl methyl sites for hydroxylation is 1. The molecule has 0 atom stereocenters. The lowest BCUT2D eigenvalue weighted by Crippen LogP contribution is -2.34. The lowest BCUT2D eigenvalue weighted by atomic mass is 9.99. The first-order valence-electron chi connectivity index (χ1n) is 6.98. The summed E-state index contributed by atoms with van der Waals surface area (Å²) in [6, 6.07) is 8.30. The van der Waals surface area contributed by atoms with Crippen molar-refractivity contribution in [1.82, 2.24) is 10.1 Å². The zero-order valence-corrected chi connectivity index (χ0v) is 12.4. The molecule has 1 aliphatic rings. The molecule has 2 N–H and O–H groups in total. The highest BCUT2D eigenvalue weighted by Gasteiger charge is 2.35. The van der Waals surface area contributed by atoms with Crippen molar-refractivity contribution in [2.75, 3.05) is 0 Å². The fourth-order valence-corrected chi connectivity index (χ4v) is 3.47. The summed E-state index contributed by atoms with van der Waals surface area (Å²) in [5.41, 5.74) is 7.23. The molecule has 0 saturated heterocycles. The number of hydrogen-bond donors (Lipinski definition) is 1. The van der Waals surface area contributed by atoms with Gasteiger partial charge in [-0.1, -0.05) is 36.2 Å². The Balaban J connectivity index is 1.67. The van der Waals surface area contributed by atoms with E-state index in [0.29, 0.717) is 17.5 Å². The van der Waals surface area contributed by atoms with Gasteiger partial charge in [-0.2, -0.15) is 4.98 Å². The molecule has 3 rings (SSSR count). The Labute approximate surface area is 123 Å². The molecule has 0 unspecified atom stereocenters. The van der Waals surface area contributed by atoms with E-state index in [0.717, 1.165) is 25.7 Å². The van der Waals surface area contributed by atoms with Crippen LogP contribution in [0.2, 0.25) is 0 Å². The lowest BCUT2D eigenvalue weighted by Gasteiger charge is -2.17. The summed E-state index contributed by atoms with van der Waals surface area (Å²) in [6.45, 7) is 2.11. The van der Waals surface area contributed by atoms with Crippen molar-refractivity contribution in [3.8, 4) is 0 Å². The van der Waals surface area contributed by atoms with Gasteiger partial charge in [-0.25, -0.2) is 0 Å². The maximum atomic E-state index is 6.33. The molecule has 1 aliphatic carbocycles. The van der Waals surface area contributed by atoms with Gasteiger partial charge in [-0.15, -0.1) is 11.8 Å². The molecule has 1 aromatic heterocycles. The normalized spacial score (nSPS) is 17.5. The Morgan fingerprint density at radius 3 is 2.80 bits per heavy atom. The van der Waals surface area contributed by atoms with Crippen LogP contribution < -0.4 is 5.73 Å². The molecule has 4 nitrogen and oxygen atoms in total. The molecule has 20 heavy (non-hydrogen) atoms. The van der Waals surface area contributed by atoms with Crippen molar-refractivity contribution < 1.29 is 4.52 Å². The summed E-state index contributed by atoms with van der Waals surface area (Å²) in [4.78, 5) is 5.73. The van der Waals surface area contributed by atoms with Gasteiger partial charge in [0.1, 0.15) is 0 Å². The highest BCUT2D eigenvalue weighted by molar-refractivity contribution is 7.98. The number of hydrogen-bond acceptors (Lipinski definition) is 5. The van der Waals surface area contributed by atoms with Crippen LogP contribution in [0.3, 0.4) is 0 Å². The van der Waals surface area contributed by atoms with E-state index in [1.54, 1.807) is 11.8 Å². The van der Waals surface area contributed by atoms with Crippen molar-refractivity contribution in [3.63, 3.8) is 0 Å². The summed E-state index contributed by atoms with van der Waals surface area (Å²) in [7, 11) is 0. The summed E-state index contributed by atoms with van der Waals surface area (Å²) in [6.07, 6.45) is 4.21. The minimum absolute atomic E-state index is 0.366. The first kappa shape index (κ1) is 13.6. The third kappa shape index (κ3) is 2.74. The zero-order chi connectivity index (χ0) is 14.0. The second-order valence-corrected chi connectivity index (χ2v) is 6.45. The van der Waals surface area contributed by atoms with E-state index in [-0.39, 0.29) is 5.54 Å². The number of rotatable bonds is 4. The van der Waals surface area contributed by atoms with Crippen LogP contribution in [0.25, 0.3) is 0 Å². The number of nitrogens with zero attached hydrogens (tertiary/aromatic N) is 2. The van der Waals surface area contributed by atoms with Gasteiger partial charge >= 0.3 is 0 Å². The van der Waals surface area contributed by atoms with Crippen LogP contribution in [0.4, 0.5) is 0 Å². The predicted molar refractivity (Wildman–Crippen MR) is 79.4 cm³/mol. The van der Waals surface area contributed by atoms with Gasteiger partial charge in [0.15, 0.2) is 5.82 Å². The van der Waals surface area contributed by atoms with E-state index in [1.165, 1.54) is 10.5 Å². The highest BCUT2D eigenvalue weighted by atomic mass is 32.2. The molecule has 1 heterocycles. The van der Waals surface area contributed by atoms with Gasteiger partial charge in [-0.3, -0.25) is 0 Å². The van der Waals surface area contributed by atoms with Gasteiger partial charge in [0.2, 0.25) is 5.89 Å². The van der Waals surface area contributed by atoms with Gasteiger partial charge in [0, 0.05) is 4.90 Å². The topological polar surface area (TPSA) is 64.9 Å². The van der Waals surface area contributed by atoms with Gasteiger partial charge in [0.05, 0.1) is 11.3 Å². The molecule has 5 heteroatoms. The monoisotopic (exact) mass is 289 g/mol. The molecule has 1 aromatic carbocycles. The molecule has 0 spiro atoms. The van der Waals surface area contributed by atoms with Crippen molar-refractivity contribution >= 4 is 11.8 Å². The number of aromatic nitrogens is 2. The molecule has 0 aliphatic heterocycles. The quantitative estimate of drug-likeness (QED) is 0.874. The summed E-state index contributed by atoms with van der Waals surface area (Å²) >= 11 is 1.72. The third-order valence-electron chi connectivity index (χ3n) is 3.85. The number of nitrogens with two attached hydrogens (primary N) is 1. The first-order valence-corrected chi connectivity index (χ1v) is 7.96. The molecule has 1 saturated carbocycles. The maximum Gasteiger partial charge on any atom is 0.237 e. The second-order valence-electron chi connectivity index (χ2n) is 5.43. The molecule has 0 amide bonds. The van der Waals surface area contributed by atoms with Crippen LogP contribution in [-0.2, 0) is 11.3 Å². The minimum Gasteiger partial charge on any atom is -0.338 e. The fourth-order valence-electron chi connectivity index (χ4n) is 2.60. The molecule has 106 valence electrons. The Hall–Kier alpha value is -1.33. The third-order valence-corrected chi connectivity index (χ3v) is 5.01. The minimum atomic E-state index is -0.366. The number of thioether (sulfide) groups is 1. The molecule has 0 radical (unpaired) electrons. The average Bonchev–Trinajstić information content (AvgIpc) is 3.08. The van der Waals surface area contributed by atoms with Gasteiger partial charge in [-0.05, 0) is 31.4 Å². The van der Waals surface area contributed by atoms with Crippen LogP contribution in [0.15, 0.2) is 33.7 Å². The fraction of sp³-hybridized carbons (Fsp3) is 0.467. The lowest BCUT2D eigenvalue weighted by molar-refractivity contribution is 0.355. The van der Waals surface area contributed by atoms with Crippen molar-refractivity contribution in [1.29, 1.82) is 0 Å². The highest BCUT2D eigenvalue weighted by Crippen LogP contribution is 2.35. The van der Waals surface area contributed by atoms with E-state index < -0.39 is 0 Å². The Kier molecular flexibility index (Phi) is 3.81. The smallest absolute Gasteiger partial charge is 0.237 e. The van der Waals surface area contributed by atoms with Crippen molar-refractivity contribution in [2.45, 2.75) is 48.8 Å². The standard InChI is InChI=1S/C15H19N3OS/c1-11-6-2-3-7-12(11)20-10-13-17-14(18-19-13)15(16)8-4-5-9-15/h2-3,6-7H,4-5,8-10,16H2,1H3. The summed E-state index contributed by atoms with van der Waals surface area (Å²) in [5, 5.41) is 4.08. The predicted octanol–water partition coefficient (Wildman–Crippen LogP) is 3.40. The molecule has 1 fully saturated rings. The van der Waals surface area contributed by atoms with E-state index in [2.05, 4.69) is 29.2 Å². The molecule has 2 aromatic rings. The van der Waals surface area contributed by atoms with Crippen molar-refractivity contribution in [3.05, 3.63) is 41.5 Å². The maximum absolute atomic E-state index is 6.33. The molecular weight excluding hydrogens is 270 g/mol. The molecular formula is C15H19N3OS. The van der Waals surface area contributed by atoms with Crippen molar-refractivity contribution in [2.24, 2.45) is 5.73 Å². The van der Waals surface area contributed by atoms with Crippen LogP contribution in [0.1, 0.15) is 43.0 Å². The Bertz CT molecular complexity index is 590. The largest absolute Gasteiger partial charge is 0.338 e. The van der Waals surface area contributed by atoms with Gasteiger partial charge in [0.25, 0.3) is 0 Å². The van der Waals surface area contributed by atoms with Crippen LogP contribution >= 0.6 is 11.8 Å². The Morgan fingerprint density at radius 1 is 1.30 bits per heavy atom. The van der Waals surface area contributed by atoms with E-state index in [4.69, 9.17) is 10.3 Å². The van der Waals surface area contributed by atoms with Gasteiger partial charge < -0.3 is 10.3 Å². The average molecular weight is 289 g/mol. The van der Waals surface area contributed by atoms with E-state index in [9.17, 15) is 0 Å². The van der Waals surface area contributed by atoms with Crippen LogP contribution in [-0.4, -0.2) is 10.1 Å².